The number of hydrogen-bond donors (Lipinski definition) is 2. The van der Waals surface area contributed by atoms with Crippen LogP contribution in [0.5, 0.6) is 0 Å². The van der Waals surface area contributed by atoms with Gasteiger partial charge >= 0.3 is 11.9 Å². The molecule has 69 heavy (non-hydrogen) atoms. The summed E-state index contributed by atoms with van der Waals surface area (Å²) in [5.74, 6) is -5.82. The van der Waals surface area contributed by atoms with Crippen LogP contribution in [-0.2, 0) is 52.3 Å². The number of carbonyl (C=O) groups is 5. The smallest absolute Gasteiger partial charge is 0.320 e. The fourth-order valence-corrected chi connectivity index (χ4v) is 13.2. The Morgan fingerprint density at radius 3 is 2.04 bits per heavy atom. The van der Waals surface area contributed by atoms with E-state index >= 15 is 4.79 Å². The van der Waals surface area contributed by atoms with Gasteiger partial charge in [-0.25, -0.2) is 0 Å². The Balaban J connectivity index is 1.37. The number of cyclic esters (lactones) is 1. The quantitative estimate of drug-likeness (QED) is 0.151. The summed E-state index contributed by atoms with van der Waals surface area (Å²) in [6, 6.07) is 6.38. The molecule has 19 atom stereocenters. The van der Waals surface area contributed by atoms with Gasteiger partial charge < -0.3 is 53.0 Å². The number of carbonyl (C=O) groups excluding carboxylic acids is 5. The fraction of sp³-hybridized carbons (Fsp3) is 0.784. The number of rotatable bonds is 13. The lowest BCUT2D eigenvalue weighted by Crippen LogP contribution is -2.61. The largest absolute Gasteiger partial charge is 0.458 e. The molecule has 0 spiro atoms. The first-order chi connectivity index (χ1) is 32.4. The molecule has 5 aliphatic rings. The van der Waals surface area contributed by atoms with Crippen LogP contribution in [0.15, 0.2) is 24.3 Å². The molecule has 6 rings (SSSR count). The summed E-state index contributed by atoms with van der Waals surface area (Å²) in [6.45, 7) is 18.1. The SMILES string of the molecule is CC[C@H]1OC(=O)[C@H](C)[C@@H](O[C@H]2C[C@@](C)(OC)[C@@H](O)[C@@H](C)O2)[C@H](C)[C@@H](O[C@@H]2O[C@H](C)C[C@H](N(C)C)[C@H]2O)[C@](C)(OC)C[C@@H](C)C(=O)[C@H](C)C2C(SCCCN3C(=O)c4ccccc4C3=O)C(=O)O[C@@]21C. The first kappa shape index (κ1) is 55.3. The zero-order valence-electron chi connectivity index (χ0n) is 43.0. The number of benzene rings is 1. The summed E-state index contributed by atoms with van der Waals surface area (Å²) < 4.78 is 51.6. The Labute approximate surface area is 412 Å². The van der Waals surface area contributed by atoms with Gasteiger partial charge in [0, 0.05) is 56.9 Å². The number of amides is 2. The van der Waals surface area contributed by atoms with Crippen molar-refractivity contribution < 1.29 is 72.1 Å². The van der Waals surface area contributed by atoms with Crippen LogP contribution >= 0.6 is 11.8 Å². The zero-order valence-corrected chi connectivity index (χ0v) is 43.8. The van der Waals surface area contributed by atoms with Crippen LogP contribution in [0.2, 0.25) is 0 Å². The highest BCUT2D eigenvalue weighted by molar-refractivity contribution is 8.00. The van der Waals surface area contributed by atoms with Crippen molar-refractivity contribution in [3.05, 3.63) is 35.4 Å². The lowest BCUT2D eigenvalue weighted by molar-refractivity contribution is -0.319. The van der Waals surface area contributed by atoms with E-state index < -0.39 is 113 Å². The van der Waals surface area contributed by atoms with Crippen molar-refractivity contribution in [3.63, 3.8) is 0 Å². The number of fused-ring (bicyclic) bond motifs is 2. The first-order valence-electron chi connectivity index (χ1n) is 24.7. The minimum absolute atomic E-state index is 0.105. The lowest BCUT2D eigenvalue weighted by atomic mass is 9.70. The number of hydrogen-bond acceptors (Lipinski definition) is 17. The van der Waals surface area contributed by atoms with Crippen LogP contribution in [0.3, 0.4) is 0 Å². The van der Waals surface area contributed by atoms with Crippen molar-refractivity contribution in [1.82, 2.24) is 9.80 Å². The van der Waals surface area contributed by atoms with Gasteiger partial charge in [0.05, 0.1) is 52.7 Å². The Kier molecular flexibility index (Phi) is 17.6. The van der Waals surface area contributed by atoms with Gasteiger partial charge in [-0.2, -0.15) is 0 Å². The Morgan fingerprint density at radius 1 is 0.841 bits per heavy atom. The molecule has 2 unspecified atom stereocenters. The Morgan fingerprint density at radius 2 is 1.46 bits per heavy atom. The number of likely N-dealkylation sites (N-methyl/N-ethyl adjacent to an activating group) is 1. The number of ketones is 1. The molecule has 1 aromatic rings. The second-order valence-corrected chi connectivity index (χ2v) is 22.3. The second kappa shape index (κ2) is 22.0. The number of Topliss-reactive ketones (excluding diaryl/α,β-unsaturated/α-hetero) is 1. The third-order valence-corrected chi connectivity index (χ3v) is 17.3. The number of ether oxygens (including phenoxy) is 8. The van der Waals surface area contributed by atoms with Gasteiger partial charge in [-0.3, -0.25) is 28.9 Å². The monoisotopic (exact) mass is 991 g/mol. The van der Waals surface area contributed by atoms with Crippen LogP contribution in [0.1, 0.15) is 122 Å². The van der Waals surface area contributed by atoms with Crippen LogP contribution < -0.4 is 0 Å². The molecule has 2 amide bonds. The van der Waals surface area contributed by atoms with Crippen LogP contribution in [0, 0.1) is 29.6 Å². The number of aliphatic hydroxyl groups is 2. The highest BCUT2D eigenvalue weighted by Crippen LogP contribution is 2.50. The van der Waals surface area contributed by atoms with E-state index in [2.05, 4.69) is 0 Å². The summed E-state index contributed by atoms with van der Waals surface area (Å²) in [7, 11) is 6.80. The van der Waals surface area contributed by atoms with E-state index in [9.17, 15) is 29.4 Å². The van der Waals surface area contributed by atoms with Gasteiger partial charge in [0.25, 0.3) is 11.8 Å². The topological polar surface area (TPSA) is 206 Å². The molecule has 5 heterocycles. The maximum absolute atomic E-state index is 15.1. The average Bonchev–Trinajstić information content (AvgIpc) is 3.71. The minimum Gasteiger partial charge on any atom is -0.458 e. The van der Waals surface area contributed by atoms with Crippen molar-refractivity contribution in [3.8, 4) is 0 Å². The fourth-order valence-electron chi connectivity index (χ4n) is 11.8. The second-order valence-electron chi connectivity index (χ2n) is 21.0. The number of methoxy groups -OCH3 is 2. The molecule has 17 nitrogen and oxygen atoms in total. The van der Waals surface area contributed by atoms with Crippen molar-refractivity contribution in [1.29, 1.82) is 0 Å². The van der Waals surface area contributed by atoms with E-state index in [1.54, 1.807) is 58.9 Å². The van der Waals surface area contributed by atoms with Gasteiger partial charge in [-0.15, -0.1) is 11.8 Å². The lowest BCUT2D eigenvalue weighted by Gasteiger charge is -2.50. The molecular weight excluding hydrogens is 913 g/mol. The van der Waals surface area contributed by atoms with Crippen molar-refractivity contribution in [2.75, 3.05) is 40.6 Å². The zero-order chi connectivity index (χ0) is 51.1. The molecule has 388 valence electrons. The highest BCUT2D eigenvalue weighted by atomic mass is 32.2. The molecule has 4 fully saturated rings. The van der Waals surface area contributed by atoms with Gasteiger partial charge in [0.1, 0.15) is 29.3 Å². The van der Waals surface area contributed by atoms with Gasteiger partial charge in [-0.05, 0) is 99.2 Å². The summed E-state index contributed by atoms with van der Waals surface area (Å²) in [5, 5.41) is 22.1. The summed E-state index contributed by atoms with van der Waals surface area (Å²) in [5.41, 5.74) is -3.10. The van der Waals surface area contributed by atoms with E-state index in [1.807, 2.05) is 53.6 Å². The van der Waals surface area contributed by atoms with Crippen molar-refractivity contribution >= 4 is 41.3 Å². The molecule has 0 bridgehead atoms. The average molecular weight is 991 g/mol. The third-order valence-electron chi connectivity index (χ3n) is 16.0. The van der Waals surface area contributed by atoms with Crippen LogP contribution in [0.25, 0.3) is 0 Å². The molecular formula is C51H78N2O15S. The number of thioether (sulfide) groups is 1. The van der Waals surface area contributed by atoms with Gasteiger partial charge in [0.15, 0.2) is 18.2 Å². The maximum atomic E-state index is 15.1. The third kappa shape index (κ3) is 10.9. The molecule has 2 N–H and O–H groups in total. The molecule has 1 aromatic carbocycles. The molecule has 5 aliphatic heterocycles. The van der Waals surface area contributed by atoms with Gasteiger partial charge in [-0.1, -0.05) is 39.8 Å². The summed E-state index contributed by atoms with van der Waals surface area (Å²) in [6.07, 6.45) is -6.87. The van der Waals surface area contributed by atoms with Crippen LogP contribution in [-0.4, -0.2) is 174 Å². The predicted molar refractivity (Wildman–Crippen MR) is 255 cm³/mol. The Hall–Kier alpha value is -3.04. The molecule has 0 aliphatic carbocycles. The molecule has 4 saturated heterocycles. The van der Waals surface area contributed by atoms with Crippen molar-refractivity contribution in [2.24, 2.45) is 29.6 Å². The maximum Gasteiger partial charge on any atom is 0.320 e. The van der Waals surface area contributed by atoms with Crippen molar-refractivity contribution in [2.45, 2.75) is 185 Å². The summed E-state index contributed by atoms with van der Waals surface area (Å²) in [4.78, 5) is 73.7. The molecule has 0 saturated carbocycles. The number of aliphatic hydroxyl groups excluding tert-OH is 2. The van der Waals surface area contributed by atoms with Crippen LogP contribution in [0.4, 0.5) is 0 Å². The standard InChI is InChI=1S/C51H78N2O15S/c1-15-35-51(10)37(41(47(60)68-51)69-22-18-21-53-44(57)32-19-16-17-20-33(32)45(53)58)28(4)38(54)26(2)24-50(9,62-14)43(67-48-39(55)34(52(11)12)23-27(3)63-48)29(5)40(30(6)46(59)65-35)66-36-25-49(8,61-13)42(56)31(7)64-36/h16-17,19-20,26-31,34-37,39-43,48,55-56H,15,18,21-25H2,1-14H3/t26-,27-,28-,29+,30-,31-,34+,35-,36+,37?,39-,40+,41?,42+,43-,48+,49-,50-,51-/m1/s1. The van der Waals surface area contributed by atoms with E-state index in [4.69, 9.17) is 37.9 Å². The van der Waals surface area contributed by atoms with E-state index in [-0.39, 0.29) is 55.6 Å². The normalized spacial score (nSPS) is 42.5. The number of imide groups is 1. The van der Waals surface area contributed by atoms with E-state index in [0.717, 1.165) is 0 Å². The number of nitrogens with zero attached hydrogens (tertiary/aromatic N) is 2. The molecule has 18 heteroatoms. The minimum atomic E-state index is -1.45. The van der Waals surface area contributed by atoms with E-state index in [1.165, 1.54) is 30.9 Å². The molecule has 0 aromatic heterocycles. The number of esters is 2. The summed E-state index contributed by atoms with van der Waals surface area (Å²) >= 11 is 1.30. The molecule has 0 radical (unpaired) electrons. The highest BCUT2D eigenvalue weighted by Gasteiger charge is 2.62. The Bertz CT molecular complexity index is 1990. The first-order valence-corrected chi connectivity index (χ1v) is 25.7. The predicted octanol–water partition coefficient (Wildman–Crippen LogP) is 5.05. The van der Waals surface area contributed by atoms with Gasteiger partial charge in [0.2, 0.25) is 0 Å². The van der Waals surface area contributed by atoms with E-state index in [0.29, 0.717) is 29.7 Å².